The lowest BCUT2D eigenvalue weighted by atomic mass is 9.97. The smallest absolute Gasteiger partial charge is 0.409 e. The molecule has 4 heterocycles. The molecule has 3 aliphatic heterocycles. The summed E-state index contributed by atoms with van der Waals surface area (Å²) < 4.78 is 8.49. The number of hydrogen-bond donors (Lipinski definition) is 1. The number of carbonyl (C=O) groups is 3. The van der Waals surface area contributed by atoms with Gasteiger partial charge < -0.3 is 24.8 Å². The molecule has 0 spiro atoms. The molecule has 0 unspecified atom stereocenters. The van der Waals surface area contributed by atoms with Gasteiger partial charge in [0, 0.05) is 71.0 Å². The van der Waals surface area contributed by atoms with E-state index in [2.05, 4.69) is 10.2 Å². The van der Waals surface area contributed by atoms with E-state index in [-0.39, 0.29) is 35.9 Å². The molecule has 5 rings (SSSR count). The first-order valence-corrected chi connectivity index (χ1v) is 14.8. The standard InChI is InChI=1S/C29H43N7O5/c1-20(2)35-24-8-5-6-9-25(24)36(28(35)39)26(37)30-21-18-22-10-11-23(19-21)34(22)12-7-17-41-29(40)33-15-13-32(14-16-33)27(38)31(3)4/h5-6,8-9,20-23H,7,10-19H2,1-4H3,(H,30,37)/t21-,22-,23+. The number of piperidine rings is 1. The Labute approximate surface area is 240 Å². The maximum absolute atomic E-state index is 13.3. The molecule has 3 fully saturated rings. The summed E-state index contributed by atoms with van der Waals surface area (Å²) in [5, 5.41) is 3.16. The molecule has 2 aromatic rings. The molecular weight excluding hydrogens is 526 g/mol. The van der Waals surface area contributed by atoms with Gasteiger partial charge in [0.1, 0.15) is 0 Å². The van der Waals surface area contributed by atoms with Gasteiger partial charge in [-0.3, -0.25) is 9.47 Å². The zero-order valence-electron chi connectivity index (χ0n) is 24.6. The first-order chi connectivity index (χ1) is 19.7. The van der Waals surface area contributed by atoms with Gasteiger partial charge in [0.25, 0.3) is 0 Å². The van der Waals surface area contributed by atoms with Crippen molar-refractivity contribution in [3.8, 4) is 0 Å². The molecule has 0 saturated carbocycles. The molecule has 1 N–H and O–H groups in total. The number of imidazole rings is 1. The highest BCUT2D eigenvalue weighted by Crippen LogP contribution is 2.36. The summed E-state index contributed by atoms with van der Waals surface area (Å²) in [4.78, 5) is 58.6. The zero-order valence-corrected chi connectivity index (χ0v) is 24.6. The highest BCUT2D eigenvalue weighted by molar-refractivity contribution is 5.89. The number of nitrogens with zero attached hydrogens (tertiary/aromatic N) is 6. The van der Waals surface area contributed by atoms with Gasteiger partial charge in [-0.2, -0.15) is 0 Å². The molecule has 4 amide bonds. The van der Waals surface area contributed by atoms with Gasteiger partial charge >= 0.3 is 23.8 Å². The van der Waals surface area contributed by atoms with Gasteiger partial charge in [-0.25, -0.2) is 23.7 Å². The van der Waals surface area contributed by atoms with Crippen LogP contribution in [0.3, 0.4) is 0 Å². The summed E-state index contributed by atoms with van der Waals surface area (Å²) in [6.07, 6.45) is 4.28. The minimum absolute atomic E-state index is 0.0141. The fourth-order valence-corrected chi connectivity index (χ4v) is 6.72. The van der Waals surface area contributed by atoms with Crippen LogP contribution in [0.2, 0.25) is 0 Å². The molecule has 1 aromatic carbocycles. The summed E-state index contributed by atoms with van der Waals surface area (Å²) in [6, 6.07) is 7.73. The summed E-state index contributed by atoms with van der Waals surface area (Å²) in [7, 11) is 3.45. The Hall–Kier alpha value is -3.54. The van der Waals surface area contributed by atoms with E-state index in [1.165, 1.54) is 4.57 Å². The number of amides is 4. The average molecular weight is 570 g/mol. The predicted octanol–water partition coefficient (Wildman–Crippen LogP) is 2.76. The Balaban J connectivity index is 1.08. The fourth-order valence-electron chi connectivity index (χ4n) is 6.72. The molecule has 3 saturated heterocycles. The lowest BCUT2D eigenvalue weighted by molar-refractivity contribution is 0.0688. The number of para-hydroxylation sites is 2. The number of urea groups is 1. The zero-order chi connectivity index (χ0) is 29.3. The second-order valence-electron chi connectivity index (χ2n) is 11.9. The van der Waals surface area contributed by atoms with Gasteiger partial charge in [0.05, 0.1) is 17.6 Å². The second kappa shape index (κ2) is 12.1. The van der Waals surface area contributed by atoms with E-state index in [1.54, 1.807) is 33.4 Å². The van der Waals surface area contributed by atoms with Crippen molar-refractivity contribution >= 4 is 29.2 Å². The second-order valence-corrected chi connectivity index (χ2v) is 11.9. The fraction of sp³-hybridized carbons (Fsp3) is 0.655. The molecule has 1 aromatic heterocycles. The molecule has 12 nitrogen and oxygen atoms in total. The quantitative estimate of drug-likeness (QED) is 0.536. The first kappa shape index (κ1) is 29.0. The summed E-state index contributed by atoms with van der Waals surface area (Å²) in [5.74, 6) is 0. The predicted molar refractivity (Wildman–Crippen MR) is 155 cm³/mol. The Morgan fingerprint density at radius 3 is 2.20 bits per heavy atom. The van der Waals surface area contributed by atoms with Gasteiger partial charge in [-0.05, 0) is 58.1 Å². The largest absolute Gasteiger partial charge is 0.449 e. The van der Waals surface area contributed by atoms with E-state index < -0.39 is 0 Å². The van der Waals surface area contributed by atoms with Crippen molar-refractivity contribution in [3.05, 3.63) is 34.7 Å². The van der Waals surface area contributed by atoms with Crippen LogP contribution >= 0.6 is 0 Å². The highest BCUT2D eigenvalue weighted by Gasteiger charge is 2.41. The topological polar surface area (TPSA) is 112 Å². The summed E-state index contributed by atoms with van der Waals surface area (Å²) >= 11 is 0. The highest BCUT2D eigenvalue weighted by atomic mass is 16.6. The van der Waals surface area contributed by atoms with E-state index >= 15 is 0 Å². The molecule has 3 atom stereocenters. The average Bonchev–Trinajstić information content (AvgIpc) is 3.38. The minimum Gasteiger partial charge on any atom is -0.449 e. The first-order valence-electron chi connectivity index (χ1n) is 14.8. The van der Waals surface area contributed by atoms with Crippen molar-refractivity contribution in [1.82, 2.24) is 34.1 Å². The number of hydrogen-bond acceptors (Lipinski definition) is 6. The van der Waals surface area contributed by atoms with E-state index in [1.807, 2.05) is 38.1 Å². The van der Waals surface area contributed by atoms with Gasteiger partial charge in [-0.1, -0.05) is 12.1 Å². The molecule has 12 heteroatoms. The van der Waals surface area contributed by atoms with E-state index in [0.29, 0.717) is 50.4 Å². The van der Waals surface area contributed by atoms with Crippen LogP contribution in [0, 0.1) is 0 Å². The Morgan fingerprint density at radius 1 is 0.976 bits per heavy atom. The molecule has 0 radical (unpaired) electrons. The summed E-state index contributed by atoms with van der Waals surface area (Å²) in [5.41, 5.74) is 1.08. The number of piperazine rings is 1. The number of carbonyl (C=O) groups excluding carboxylic acids is 3. The molecular formula is C29H43N7O5. The van der Waals surface area contributed by atoms with Crippen LogP contribution < -0.4 is 11.0 Å². The number of fused-ring (bicyclic) bond motifs is 3. The summed E-state index contributed by atoms with van der Waals surface area (Å²) in [6.45, 7) is 7.06. The van der Waals surface area contributed by atoms with Crippen molar-refractivity contribution in [1.29, 1.82) is 0 Å². The minimum atomic E-state index is -0.359. The number of benzene rings is 1. The molecule has 0 aliphatic carbocycles. The Bertz CT molecular complexity index is 1310. The Morgan fingerprint density at radius 2 is 1.59 bits per heavy atom. The van der Waals surface area contributed by atoms with Gasteiger partial charge in [0.15, 0.2) is 0 Å². The SMILES string of the molecule is CC(C)n1c(=O)n(C(=O)N[C@@H]2C[C@H]3CC[C@@H](C2)N3CCCOC(=O)N2CCN(C(=O)N(C)C)CC2)c2ccccc21. The third kappa shape index (κ3) is 5.93. The van der Waals surface area contributed by atoms with Crippen molar-refractivity contribution in [3.63, 3.8) is 0 Å². The maximum atomic E-state index is 13.3. The van der Waals surface area contributed by atoms with Crippen LogP contribution in [0.25, 0.3) is 11.0 Å². The number of ether oxygens (including phenoxy) is 1. The Kier molecular flexibility index (Phi) is 8.58. The lowest BCUT2D eigenvalue weighted by Gasteiger charge is -2.39. The molecule has 3 aliphatic rings. The normalized spacial score (nSPS) is 22.8. The van der Waals surface area contributed by atoms with Crippen LogP contribution in [0.4, 0.5) is 14.4 Å². The number of nitrogens with one attached hydrogen (secondary N) is 1. The van der Waals surface area contributed by atoms with Crippen molar-refractivity contribution < 1.29 is 19.1 Å². The molecule has 2 bridgehead atoms. The van der Waals surface area contributed by atoms with Gasteiger partial charge in [-0.15, -0.1) is 0 Å². The van der Waals surface area contributed by atoms with Crippen LogP contribution in [0.5, 0.6) is 0 Å². The van der Waals surface area contributed by atoms with Crippen LogP contribution in [-0.2, 0) is 4.74 Å². The van der Waals surface area contributed by atoms with Crippen LogP contribution in [0.15, 0.2) is 29.1 Å². The van der Waals surface area contributed by atoms with E-state index in [4.69, 9.17) is 4.74 Å². The van der Waals surface area contributed by atoms with Gasteiger partial charge in [0.2, 0.25) is 0 Å². The lowest BCUT2D eigenvalue weighted by Crippen LogP contribution is -2.53. The number of rotatable bonds is 6. The van der Waals surface area contributed by atoms with Crippen LogP contribution in [0.1, 0.15) is 52.0 Å². The number of aromatic nitrogens is 2. The maximum Gasteiger partial charge on any atom is 0.409 e. The van der Waals surface area contributed by atoms with Crippen LogP contribution in [-0.4, -0.2) is 118 Å². The molecule has 41 heavy (non-hydrogen) atoms. The van der Waals surface area contributed by atoms with Crippen molar-refractivity contribution in [2.24, 2.45) is 0 Å². The van der Waals surface area contributed by atoms with E-state index in [9.17, 15) is 19.2 Å². The third-order valence-corrected chi connectivity index (χ3v) is 8.69. The van der Waals surface area contributed by atoms with Crippen molar-refractivity contribution in [2.75, 3.05) is 53.4 Å². The monoisotopic (exact) mass is 569 g/mol. The molecule has 224 valence electrons. The van der Waals surface area contributed by atoms with Crippen molar-refractivity contribution in [2.45, 2.75) is 70.1 Å². The third-order valence-electron chi connectivity index (χ3n) is 8.69. The van der Waals surface area contributed by atoms with E-state index in [0.717, 1.165) is 44.2 Å².